The predicted octanol–water partition coefficient (Wildman–Crippen LogP) is 20.2. The Morgan fingerprint density at radius 3 is 0.993 bits per heavy atom. The third-order valence-electron chi connectivity index (χ3n) is 24.8. The first kappa shape index (κ1) is 105. The van der Waals surface area contributed by atoms with Gasteiger partial charge < -0.3 is 38.9 Å². The van der Waals surface area contributed by atoms with Crippen LogP contribution in [0.5, 0.6) is 0 Å². The molecule has 3 saturated heterocycles. The second-order valence-corrected chi connectivity index (χ2v) is 44.9. The van der Waals surface area contributed by atoms with Gasteiger partial charge in [-0.1, -0.05) is 119 Å². The number of hydrogen-bond acceptors (Lipinski definition) is 21. The van der Waals surface area contributed by atoms with Gasteiger partial charge in [0.25, 0.3) is 0 Å². The van der Waals surface area contributed by atoms with Crippen molar-refractivity contribution in [2.24, 2.45) is 0 Å². The van der Waals surface area contributed by atoms with Crippen molar-refractivity contribution >= 4 is 135 Å². The van der Waals surface area contributed by atoms with E-state index in [1.165, 1.54) is 44.0 Å². The highest BCUT2D eigenvalue weighted by atomic mass is 35.5. The van der Waals surface area contributed by atoms with Crippen molar-refractivity contribution in [1.29, 1.82) is 0 Å². The standard InChI is InChI=1S/2C35H41ClFN5O4S.C33H35ClFN5O4S/c2*1-19(2)25-15-23(47(9)45)14-20(3)30(25)42-32-26(16-27(36)29(38-32)24-12-10-11-13-28(24)37)31(39-33(42)43)40-17-22(5)41(18-21(40)4)34(44)46-35(6,7)8;1-8-28(41)38-16-21(6)39(17-20(38)5)31-25-15-26(34)29(23-11-9-10-12-27(23)35)36-32(25)40(33(42)37-31)30-19(4)13-22(45(7,43)44)14-24(30)18(2)3/h2*10-16,19,21-22H,17-18H2,1-9H3;8-15,18,20-21H,1,16-17H2,2-7H3/t2*21-,22+,47?;20-,21+/m001/s1. The SMILES string of the molecule is C=CC(=O)N1C[C@H](C)N(c2nc(=O)n(-c3c(C)cc(S(C)(=O)=O)cc3C(C)C)c3nc(-c4ccccc4F)c(Cl)cc23)C[C@H]1C.Cc1cc(S(C)=O)cc(C(C)C)c1-n1c(=O)nc(N2C[C@@H](C)N(C(=O)OC(C)(C)C)C[C@@H]2C)c2cc(Cl)c(-c3ccccc3F)nc21.Cc1cc(S(C)=O)cc(C(C)C)c1-n1c(=O)nc(N2C[C@@H](C)N(C(=O)OC(C)(C)C)C[C@@H]2C)c2cc(Cl)c(-c3ccccc3F)nc21. The van der Waals surface area contributed by atoms with E-state index in [0.29, 0.717) is 111 Å². The maximum atomic E-state index is 15.1. The number of amides is 3. The first-order valence-electron chi connectivity index (χ1n) is 45.8. The van der Waals surface area contributed by atoms with Gasteiger partial charge in [0.05, 0.1) is 70.3 Å². The van der Waals surface area contributed by atoms with Crippen molar-refractivity contribution < 1.29 is 53.9 Å². The number of nitrogens with zero attached hydrogens (tertiary/aromatic N) is 15. The molecule has 3 aliphatic heterocycles. The van der Waals surface area contributed by atoms with E-state index in [4.69, 9.17) is 59.2 Å². The van der Waals surface area contributed by atoms with Gasteiger partial charge in [-0.05, 0) is 252 Å². The van der Waals surface area contributed by atoms with Crippen molar-refractivity contribution in [3.8, 4) is 50.8 Å². The van der Waals surface area contributed by atoms with Crippen LogP contribution in [-0.2, 0) is 45.7 Å². The maximum absolute atomic E-state index is 15.1. The van der Waals surface area contributed by atoms with Crippen LogP contribution in [0.15, 0.2) is 169 Å². The van der Waals surface area contributed by atoms with E-state index in [2.05, 4.69) is 21.5 Å². The summed E-state index contributed by atoms with van der Waals surface area (Å²) >= 11 is 20.5. The fraction of sp³-hybridized carbons (Fsp3) is 0.398. The van der Waals surface area contributed by atoms with Crippen LogP contribution in [-0.4, -0.2) is 199 Å². The van der Waals surface area contributed by atoms with E-state index in [0.717, 1.165) is 28.5 Å². The van der Waals surface area contributed by atoms with E-state index in [1.807, 2.05) is 165 Å². The lowest BCUT2D eigenvalue weighted by molar-refractivity contribution is -0.128. The molecule has 3 fully saturated rings. The molecule has 8 atom stereocenters. The number of piperazine rings is 3. The fourth-order valence-corrected chi connectivity index (χ4v) is 20.8. The van der Waals surface area contributed by atoms with Crippen LogP contribution in [0.2, 0.25) is 15.1 Å². The second kappa shape index (κ2) is 41.2. The molecule has 0 bridgehead atoms. The first-order valence-corrected chi connectivity index (χ1v) is 51.9. The minimum Gasteiger partial charge on any atom is -0.444 e. The average molecular weight is 2020 g/mol. The topological polar surface area (TPSA) is 301 Å². The number of carbonyl (C=O) groups excluding carboxylic acids is 3. The Labute approximate surface area is 827 Å². The number of halogens is 6. The molecular formula is C103H117Cl3F3N15O12S3. The fourth-order valence-electron chi connectivity index (χ4n) is 18.0. The van der Waals surface area contributed by atoms with Crippen LogP contribution in [0.4, 0.5) is 40.2 Å². The molecule has 0 saturated carbocycles. The molecule has 3 aliphatic rings. The normalized spacial score (nSPS) is 17.6. The summed E-state index contributed by atoms with van der Waals surface area (Å²) in [5, 5.41) is 2.00. The summed E-state index contributed by atoms with van der Waals surface area (Å²) in [4.78, 5) is 122. The summed E-state index contributed by atoms with van der Waals surface area (Å²) in [6.45, 7) is 45.6. The lowest BCUT2D eigenvalue weighted by Gasteiger charge is -2.44. The molecule has 6 aromatic carbocycles. The molecule has 36 heteroatoms. The molecule has 27 nitrogen and oxygen atoms in total. The number of ether oxygens (including phenoxy) is 2. The highest BCUT2D eigenvalue weighted by Crippen LogP contribution is 2.44. The van der Waals surface area contributed by atoms with E-state index in [9.17, 15) is 45.6 Å². The minimum absolute atomic E-state index is 0.0473. The molecule has 15 rings (SSSR count). The minimum atomic E-state index is -3.55. The number of fused-ring (bicyclic) bond motifs is 3. The molecule has 0 radical (unpaired) electrons. The number of benzene rings is 6. The molecule has 0 aliphatic carbocycles. The highest BCUT2D eigenvalue weighted by molar-refractivity contribution is 7.90. The van der Waals surface area contributed by atoms with Gasteiger partial charge in [0.15, 0.2) is 26.8 Å². The molecule has 0 spiro atoms. The Morgan fingerprint density at radius 2 is 0.719 bits per heavy atom. The van der Waals surface area contributed by atoms with Gasteiger partial charge in [-0.15, -0.1) is 0 Å². The predicted molar refractivity (Wildman–Crippen MR) is 547 cm³/mol. The summed E-state index contributed by atoms with van der Waals surface area (Å²) in [7, 11) is -6.04. The summed E-state index contributed by atoms with van der Waals surface area (Å²) in [5.74, 6) is -0.921. The second-order valence-electron chi connectivity index (χ2n) is 38.9. The Bertz CT molecular complexity index is 7010. The number of aryl methyl sites for hydroxylation is 3. The molecule has 6 aromatic heterocycles. The van der Waals surface area contributed by atoms with Gasteiger partial charge in [0, 0.05) is 142 Å². The van der Waals surface area contributed by atoms with Crippen LogP contribution in [0.25, 0.3) is 83.9 Å². The van der Waals surface area contributed by atoms with Gasteiger partial charge in [0.1, 0.15) is 46.1 Å². The molecule has 12 aromatic rings. The number of hydrogen-bond donors (Lipinski definition) is 0. The third kappa shape index (κ3) is 21.8. The zero-order valence-corrected chi connectivity index (χ0v) is 87.2. The van der Waals surface area contributed by atoms with Crippen molar-refractivity contribution in [1.82, 2.24) is 58.3 Å². The summed E-state index contributed by atoms with van der Waals surface area (Å²) < 4.78 is 111. The monoisotopic (exact) mass is 2010 g/mol. The van der Waals surface area contributed by atoms with Crippen LogP contribution in [0.1, 0.15) is 176 Å². The number of carbonyl (C=O) groups is 3. The quantitative estimate of drug-likeness (QED) is 0.0812. The molecule has 736 valence electrons. The lowest BCUT2D eigenvalue weighted by Crippen LogP contribution is -2.59. The average Bonchev–Trinajstić information content (AvgIpc) is 0.737. The Hall–Kier alpha value is -11.8. The number of rotatable bonds is 16. The maximum Gasteiger partial charge on any atom is 0.410 e. The van der Waals surface area contributed by atoms with Crippen LogP contribution in [0.3, 0.4) is 0 Å². The Balaban J connectivity index is 0.000000176. The van der Waals surface area contributed by atoms with Crippen LogP contribution >= 0.6 is 34.8 Å². The van der Waals surface area contributed by atoms with E-state index >= 15 is 13.2 Å². The van der Waals surface area contributed by atoms with Crippen LogP contribution < -0.4 is 31.8 Å². The van der Waals surface area contributed by atoms with Crippen molar-refractivity contribution in [3.05, 3.63) is 237 Å². The summed E-state index contributed by atoms with van der Waals surface area (Å²) in [6, 6.07) is 32.4. The smallest absolute Gasteiger partial charge is 0.410 e. The number of sulfone groups is 1. The van der Waals surface area contributed by atoms with Gasteiger partial charge in [-0.3, -0.25) is 13.2 Å². The first-order chi connectivity index (χ1) is 65.1. The molecular weight excluding hydrogens is 1900 g/mol. The number of aromatic nitrogens is 9. The van der Waals surface area contributed by atoms with E-state index in [-0.39, 0.29) is 131 Å². The Morgan fingerprint density at radius 1 is 0.439 bits per heavy atom. The molecule has 0 N–H and O–H groups in total. The largest absolute Gasteiger partial charge is 0.444 e. The lowest BCUT2D eigenvalue weighted by atomic mass is 9.97. The number of anilines is 3. The van der Waals surface area contributed by atoms with Crippen molar-refractivity contribution in [2.45, 2.75) is 225 Å². The van der Waals surface area contributed by atoms with Crippen molar-refractivity contribution in [2.75, 3.05) is 72.7 Å². The molecule has 9 heterocycles. The summed E-state index contributed by atoms with van der Waals surface area (Å²) in [6.07, 6.45) is 4.84. The molecule has 139 heavy (non-hydrogen) atoms. The Kier molecular flexibility index (Phi) is 31.0. The van der Waals surface area contributed by atoms with Crippen molar-refractivity contribution in [3.63, 3.8) is 0 Å². The zero-order valence-electron chi connectivity index (χ0n) is 82.4. The van der Waals surface area contributed by atoms with E-state index in [1.54, 1.807) is 125 Å². The highest BCUT2D eigenvalue weighted by Gasteiger charge is 2.41. The summed E-state index contributed by atoms with van der Waals surface area (Å²) in [5.41, 5.74) is 4.46. The molecule has 3 amide bonds. The van der Waals surface area contributed by atoms with Gasteiger partial charge in [0.2, 0.25) is 5.91 Å². The van der Waals surface area contributed by atoms with Gasteiger partial charge >= 0.3 is 29.3 Å². The van der Waals surface area contributed by atoms with E-state index < -0.39 is 89.3 Å². The zero-order chi connectivity index (χ0) is 102. The third-order valence-corrected chi connectivity index (χ3v) is 28.6. The number of pyridine rings is 3. The van der Waals surface area contributed by atoms with Gasteiger partial charge in [-0.2, -0.15) is 15.0 Å². The van der Waals surface area contributed by atoms with Crippen LogP contribution in [0, 0.1) is 38.2 Å². The van der Waals surface area contributed by atoms with Gasteiger partial charge in [-0.25, -0.2) is 74.2 Å². The molecule has 2 unspecified atom stereocenters.